The summed E-state index contributed by atoms with van der Waals surface area (Å²) < 4.78 is 81.5. The highest BCUT2D eigenvalue weighted by Crippen LogP contribution is 2.44. The Bertz CT molecular complexity index is 707. The molecular weight excluding hydrogens is 434 g/mol. The van der Waals surface area contributed by atoms with Gasteiger partial charge in [-0.3, -0.25) is 0 Å². The smallest absolute Gasteiger partial charge is 0.456 e. The summed E-state index contributed by atoms with van der Waals surface area (Å²) in [6.45, 7) is 0.348. The molecule has 1 saturated carbocycles. The summed E-state index contributed by atoms with van der Waals surface area (Å²) in [5.41, 5.74) is 0.768. The van der Waals surface area contributed by atoms with Crippen LogP contribution in [0.1, 0.15) is 63.4 Å². The fourth-order valence-corrected chi connectivity index (χ4v) is 8.90. The normalized spacial score (nSPS) is 27.8. The first-order valence-electron chi connectivity index (χ1n) is 11.5. The molecule has 0 radical (unpaired) electrons. The first kappa shape index (κ1) is 24.5. The van der Waals surface area contributed by atoms with Gasteiger partial charge in [-0.1, -0.05) is 50.4 Å². The van der Waals surface area contributed by atoms with Crippen molar-refractivity contribution in [2.75, 3.05) is 6.61 Å². The van der Waals surface area contributed by atoms with E-state index in [2.05, 4.69) is 11.7 Å². The average molecular weight is 467 g/mol. The molecule has 0 N–H and O–H groups in total. The van der Waals surface area contributed by atoms with Gasteiger partial charge in [0.1, 0.15) is 0 Å². The van der Waals surface area contributed by atoms with E-state index < -0.39 is 39.1 Å². The predicted molar refractivity (Wildman–Crippen MR) is 112 cm³/mol. The molecule has 2 aliphatic rings. The number of ether oxygens (including phenoxy) is 1. The fourth-order valence-electron chi connectivity index (χ4n) is 5.42. The summed E-state index contributed by atoms with van der Waals surface area (Å²) in [5, 5.41) is 0. The molecule has 3 rings (SSSR count). The third-order valence-corrected chi connectivity index (χ3v) is 11.0. The Balaban J connectivity index is 1.50. The highest BCUT2D eigenvalue weighted by Gasteiger charge is 2.58. The molecule has 1 aromatic rings. The Morgan fingerprint density at radius 1 is 0.935 bits per heavy atom. The summed E-state index contributed by atoms with van der Waals surface area (Å²) in [7, 11) is -0.481. The van der Waals surface area contributed by atoms with Gasteiger partial charge in [0.25, 0.3) is 0 Å². The van der Waals surface area contributed by atoms with Crippen molar-refractivity contribution < 1.29 is 31.1 Å². The van der Waals surface area contributed by atoms with Crippen molar-refractivity contribution >= 4 is 8.80 Å². The van der Waals surface area contributed by atoms with E-state index in [1.165, 1.54) is 49.5 Å². The Morgan fingerprint density at radius 3 is 2.10 bits per heavy atom. The second kappa shape index (κ2) is 10.2. The molecule has 1 saturated heterocycles. The minimum atomic E-state index is -5.72. The van der Waals surface area contributed by atoms with Gasteiger partial charge in [-0.25, -0.2) is 4.39 Å². The van der Waals surface area contributed by atoms with Crippen LogP contribution < -0.4 is 4.74 Å². The Kier molecular flexibility index (Phi) is 8.03. The molecule has 8 heteroatoms. The van der Waals surface area contributed by atoms with Gasteiger partial charge in [-0.15, -0.1) is 0 Å². The van der Waals surface area contributed by atoms with Gasteiger partial charge in [-0.2, -0.15) is 22.0 Å². The fraction of sp³-hybridized carbons (Fsp3) is 0.739. The van der Waals surface area contributed by atoms with Crippen molar-refractivity contribution in [2.24, 2.45) is 11.8 Å². The molecule has 0 aromatic heterocycles. The predicted octanol–water partition coefficient (Wildman–Crippen LogP) is 7.72. The van der Waals surface area contributed by atoms with E-state index in [4.69, 9.17) is 0 Å². The SMILES string of the molecule is CCC[Si@H]1CC[C@H](C2CCC(c3ccc(OCC(F)(F)C(F)(F)F)c(F)c3)CC2)CC1. The molecule has 1 nitrogen and oxygen atoms in total. The standard InChI is InChI=1S/C23H32F6OSi/c1-2-11-31-12-9-18(10-13-31)16-3-5-17(6-4-16)19-7-8-21(20(24)14-19)30-15-22(25,26)23(27,28)29/h7-8,14,16-18,31H,2-6,9-13,15H2,1H3/t16?,17?,18-,31-. The van der Waals surface area contributed by atoms with Crippen LogP contribution in [0.15, 0.2) is 18.2 Å². The lowest BCUT2D eigenvalue weighted by molar-refractivity contribution is -0.290. The molecule has 1 aliphatic heterocycles. The monoisotopic (exact) mass is 466 g/mol. The zero-order chi connectivity index (χ0) is 22.6. The summed E-state index contributed by atoms with van der Waals surface area (Å²) in [4.78, 5) is 0. The van der Waals surface area contributed by atoms with E-state index in [-0.39, 0.29) is 5.92 Å². The lowest BCUT2D eigenvalue weighted by atomic mass is 9.72. The van der Waals surface area contributed by atoms with Crippen LogP contribution in [0, 0.1) is 17.7 Å². The molecule has 1 aliphatic carbocycles. The van der Waals surface area contributed by atoms with Gasteiger partial charge in [0.2, 0.25) is 0 Å². The summed E-state index contributed by atoms with van der Waals surface area (Å²) in [6.07, 6.45) is 2.49. The topological polar surface area (TPSA) is 9.23 Å². The first-order valence-corrected chi connectivity index (χ1v) is 13.9. The zero-order valence-corrected chi connectivity index (χ0v) is 19.2. The molecule has 31 heavy (non-hydrogen) atoms. The second-order valence-corrected chi connectivity index (χ2v) is 12.8. The van der Waals surface area contributed by atoms with E-state index in [1.54, 1.807) is 6.07 Å². The maximum Gasteiger partial charge on any atom is 0.456 e. The number of halogens is 6. The van der Waals surface area contributed by atoms with E-state index >= 15 is 0 Å². The quantitative estimate of drug-likeness (QED) is 0.295. The van der Waals surface area contributed by atoms with Crippen molar-refractivity contribution in [2.45, 2.75) is 88.0 Å². The largest absolute Gasteiger partial charge is 0.484 e. The van der Waals surface area contributed by atoms with Gasteiger partial charge >= 0.3 is 12.1 Å². The number of hydrogen-bond acceptors (Lipinski definition) is 1. The maximum atomic E-state index is 14.3. The van der Waals surface area contributed by atoms with Gasteiger partial charge in [0.05, 0.1) is 0 Å². The van der Waals surface area contributed by atoms with Crippen LogP contribution >= 0.6 is 0 Å². The van der Waals surface area contributed by atoms with E-state index in [9.17, 15) is 26.3 Å². The Morgan fingerprint density at radius 2 is 1.55 bits per heavy atom. The van der Waals surface area contributed by atoms with Crippen LogP contribution in [0.25, 0.3) is 0 Å². The Hall–Kier alpha value is -1.18. The summed E-state index contributed by atoms with van der Waals surface area (Å²) >= 11 is 0. The van der Waals surface area contributed by atoms with Crippen LogP contribution in [0.5, 0.6) is 5.75 Å². The Labute approximate surface area is 182 Å². The van der Waals surface area contributed by atoms with E-state index in [1.807, 2.05) is 0 Å². The molecule has 2 fully saturated rings. The minimum absolute atomic E-state index is 0.197. The summed E-state index contributed by atoms with van der Waals surface area (Å²) in [5.74, 6) is -4.73. The lowest BCUT2D eigenvalue weighted by Gasteiger charge is -2.37. The molecule has 1 heterocycles. The van der Waals surface area contributed by atoms with Crippen molar-refractivity contribution in [1.29, 1.82) is 0 Å². The minimum Gasteiger partial charge on any atom is -0.484 e. The van der Waals surface area contributed by atoms with Crippen molar-refractivity contribution in [3.63, 3.8) is 0 Å². The zero-order valence-electron chi connectivity index (χ0n) is 18.0. The summed E-state index contributed by atoms with van der Waals surface area (Å²) in [6, 6.07) is 8.41. The maximum absolute atomic E-state index is 14.3. The molecule has 0 atom stereocenters. The molecule has 0 unspecified atom stereocenters. The van der Waals surface area contributed by atoms with E-state index in [0.717, 1.165) is 43.1 Å². The molecule has 0 spiro atoms. The highest BCUT2D eigenvalue weighted by molar-refractivity contribution is 6.58. The van der Waals surface area contributed by atoms with Crippen molar-refractivity contribution in [3.8, 4) is 5.75 Å². The third-order valence-electron chi connectivity index (χ3n) is 7.28. The average Bonchev–Trinajstić information content (AvgIpc) is 2.73. The highest BCUT2D eigenvalue weighted by atomic mass is 28.3. The van der Waals surface area contributed by atoms with Gasteiger partial charge in [0.15, 0.2) is 18.2 Å². The van der Waals surface area contributed by atoms with Crippen LogP contribution in [-0.4, -0.2) is 27.5 Å². The number of rotatable bonds is 7. The molecular formula is C23H32F6OSi. The molecule has 0 amide bonds. The van der Waals surface area contributed by atoms with Crippen LogP contribution in [0.2, 0.25) is 18.1 Å². The second-order valence-electron chi connectivity index (χ2n) is 9.36. The molecule has 1 aromatic carbocycles. The van der Waals surface area contributed by atoms with Gasteiger partial charge in [0, 0.05) is 8.80 Å². The van der Waals surface area contributed by atoms with Crippen LogP contribution in [-0.2, 0) is 0 Å². The molecule has 176 valence electrons. The number of hydrogen-bond donors (Lipinski definition) is 0. The molecule has 0 bridgehead atoms. The first-order chi connectivity index (χ1) is 14.6. The van der Waals surface area contributed by atoms with Gasteiger partial charge in [-0.05, 0) is 61.1 Å². The number of alkyl halides is 5. The lowest BCUT2D eigenvalue weighted by Crippen LogP contribution is -2.41. The van der Waals surface area contributed by atoms with Crippen molar-refractivity contribution in [3.05, 3.63) is 29.6 Å². The van der Waals surface area contributed by atoms with E-state index in [0.29, 0.717) is 0 Å². The van der Waals surface area contributed by atoms with Crippen molar-refractivity contribution in [1.82, 2.24) is 0 Å². The van der Waals surface area contributed by atoms with Gasteiger partial charge < -0.3 is 4.74 Å². The van der Waals surface area contributed by atoms with Crippen LogP contribution in [0.3, 0.4) is 0 Å². The number of benzene rings is 1. The third kappa shape index (κ3) is 6.20. The van der Waals surface area contributed by atoms with Crippen LogP contribution in [0.4, 0.5) is 26.3 Å².